The number of nitrogens with one attached hydrogen (secondary N) is 2. The Balaban J connectivity index is 1.98. The molecule has 0 aliphatic heterocycles. The summed E-state index contributed by atoms with van der Waals surface area (Å²) in [6.45, 7) is 9.58. The zero-order valence-corrected chi connectivity index (χ0v) is 14.9. The van der Waals surface area contributed by atoms with E-state index in [1.165, 1.54) is 12.8 Å². The molecule has 0 spiro atoms. The predicted molar refractivity (Wildman–Crippen MR) is 96.4 cm³/mol. The van der Waals surface area contributed by atoms with Crippen molar-refractivity contribution in [1.29, 1.82) is 0 Å². The van der Waals surface area contributed by atoms with E-state index in [2.05, 4.69) is 36.2 Å². The van der Waals surface area contributed by atoms with Crippen LogP contribution in [0, 0.1) is 12.8 Å². The lowest BCUT2D eigenvalue weighted by Crippen LogP contribution is -2.35. The van der Waals surface area contributed by atoms with Gasteiger partial charge in [0, 0.05) is 13.1 Å². The molecule has 0 aromatic carbocycles. The van der Waals surface area contributed by atoms with Gasteiger partial charge in [-0.25, -0.2) is 4.99 Å². The fourth-order valence-electron chi connectivity index (χ4n) is 2.92. The molecule has 24 heavy (non-hydrogen) atoms. The van der Waals surface area contributed by atoms with Gasteiger partial charge in [0.1, 0.15) is 5.76 Å². The fraction of sp³-hybridized carbons (Fsp3) is 0.611. The number of amidine groups is 1. The van der Waals surface area contributed by atoms with Gasteiger partial charge < -0.3 is 15.1 Å². The summed E-state index contributed by atoms with van der Waals surface area (Å²) in [4.78, 5) is 21.6. The highest BCUT2D eigenvalue weighted by atomic mass is 16.4. The van der Waals surface area contributed by atoms with Gasteiger partial charge in [0.15, 0.2) is 5.84 Å². The summed E-state index contributed by atoms with van der Waals surface area (Å²) < 4.78 is 5.75. The molecule has 1 aromatic rings. The van der Waals surface area contributed by atoms with Crippen LogP contribution in [0.1, 0.15) is 61.2 Å². The number of nitrogens with zero attached hydrogens (tertiary/aromatic N) is 2. The SMILES string of the molecule is C=NC(=NC1(C)CC1)c1c(NC)oc(C)c1C(=O)NC(C)C1CC1. The molecule has 1 aromatic heterocycles. The number of rotatable bonds is 6. The van der Waals surface area contributed by atoms with Crippen LogP contribution in [0.15, 0.2) is 14.4 Å². The van der Waals surface area contributed by atoms with Crippen LogP contribution < -0.4 is 10.6 Å². The zero-order valence-electron chi connectivity index (χ0n) is 14.9. The van der Waals surface area contributed by atoms with Gasteiger partial charge in [0.25, 0.3) is 5.91 Å². The number of carbonyl (C=O) groups excluding carboxylic acids is 1. The molecule has 0 saturated heterocycles. The highest BCUT2D eigenvalue weighted by Gasteiger charge is 2.39. The number of carbonyl (C=O) groups is 1. The van der Waals surface area contributed by atoms with Gasteiger partial charge in [-0.05, 0) is 59.1 Å². The van der Waals surface area contributed by atoms with Gasteiger partial charge in [-0.2, -0.15) is 0 Å². The summed E-state index contributed by atoms with van der Waals surface area (Å²) in [5, 5.41) is 6.10. The standard InChI is InChI=1S/C18H26N4O2/c1-10(12-6-7-12)21-16(23)13-11(2)24-17(20-5)14(13)15(19-4)22-18(3)8-9-18/h10,12,20H,4,6-9H2,1-3,5H3,(H,21,23). The maximum atomic E-state index is 12.8. The average Bonchev–Trinajstić information content (AvgIpc) is 3.45. The quantitative estimate of drug-likeness (QED) is 0.621. The highest BCUT2D eigenvalue weighted by Crippen LogP contribution is 2.40. The van der Waals surface area contributed by atoms with Crippen LogP contribution >= 0.6 is 0 Å². The van der Waals surface area contributed by atoms with Crippen molar-refractivity contribution in [2.45, 2.75) is 58.0 Å². The summed E-state index contributed by atoms with van der Waals surface area (Å²) in [5.74, 6) is 1.99. The molecule has 1 heterocycles. The van der Waals surface area contributed by atoms with Gasteiger partial charge in [-0.3, -0.25) is 9.79 Å². The van der Waals surface area contributed by atoms with Gasteiger partial charge in [-0.15, -0.1) is 0 Å². The number of hydrogen-bond acceptors (Lipinski definition) is 4. The van der Waals surface area contributed by atoms with E-state index in [0.29, 0.717) is 34.5 Å². The minimum atomic E-state index is -0.135. The zero-order chi connectivity index (χ0) is 17.5. The molecule has 6 nitrogen and oxygen atoms in total. The molecule has 2 aliphatic carbocycles. The van der Waals surface area contributed by atoms with Crippen molar-refractivity contribution < 1.29 is 9.21 Å². The van der Waals surface area contributed by atoms with Crippen molar-refractivity contribution in [1.82, 2.24) is 5.32 Å². The van der Waals surface area contributed by atoms with E-state index in [-0.39, 0.29) is 17.5 Å². The monoisotopic (exact) mass is 330 g/mol. The molecular formula is C18H26N4O2. The molecule has 1 amide bonds. The maximum absolute atomic E-state index is 12.8. The first-order valence-electron chi connectivity index (χ1n) is 8.57. The summed E-state index contributed by atoms with van der Waals surface area (Å²) in [6.07, 6.45) is 4.41. The predicted octanol–water partition coefficient (Wildman–Crippen LogP) is 3.16. The second kappa shape index (κ2) is 6.07. The van der Waals surface area contributed by atoms with Crippen molar-refractivity contribution >= 4 is 24.3 Å². The largest absolute Gasteiger partial charge is 0.444 e. The van der Waals surface area contributed by atoms with Crippen molar-refractivity contribution in [3.8, 4) is 0 Å². The lowest BCUT2D eigenvalue weighted by molar-refractivity contribution is 0.0934. The van der Waals surface area contributed by atoms with Crippen molar-refractivity contribution in [2.75, 3.05) is 12.4 Å². The molecule has 6 heteroatoms. The molecule has 130 valence electrons. The molecule has 1 unspecified atom stereocenters. The molecule has 2 aliphatic rings. The van der Waals surface area contributed by atoms with Crippen LogP contribution in [0.2, 0.25) is 0 Å². The normalized spacial score (nSPS) is 20.4. The van der Waals surface area contributed by atoms with E-state index < -0.39 is 0 Å². The summed E-state index contributed by atoms with van der Waals surface area (Å²) >= 11 is 0. The third-order valence-electron chi connectivity index (χ3n) is 4.95. The summed E-state index contributed by atoms with van der Waals surface area (Å²) in [7, 11) is 1.76. The first kappa shape index (κ1) is 16.7. The van der Waals surface area contributed by atoms with E-state index >= 15 is 0 Å². The van der Waals surface area contributed by atoms with Crippen LogP contribution in [0.5, 0.6) is 0 Å². The first-order valence-corrected chi connectivity index (χ1v) is 8.57. The fourth-order valence-corrected chi connectivity index (χ4v) is 2.92. The first-order chi connectivity index (χ1) is 11.4. The Bertz CT molecular complexity index is 696. The minimum absolute atomic E-state index is 0.0955. The van der Waals surface area contributed by atoms with Crippen LogP contribution in [-0.2, 0) is 0 Å². The van der Waals surface area contributed by atoms with Crippen molar-refractivity contribution in [2.24, 2.45) is 15.9 Å². The molecule has 2 saturated carbocycles. The van der Waals surface area contributed by atoms with Crippen LogP contribution in [0.4, 0.5) is 5.88 Å². The van der Waals surface area contributed by atoms with Crippen LogP contribution in [0.25, 0.3) is 0 Å². The second-order valence-corrected chi connectivity index (χ2v) is 7.18. The molecular weight excluding hydrogens is 304 g/mol. The number of anilines is 1. The maximum Gasteiger partial charge on any atom is 0.255 e. The number of amides is 1. The van der Waals surface area contributed by atoms with Crippen LogP contribution in [0.3, 0.4) is 0 Å². The third kappa shape index (κ3) is 3.23. The Morgan fingerprint density at radius 3 is 2.54 bits per heavy atom. The Hall–Kier alpha value is -2.11. The van der Waals surface area contributed by atoms with E-state index in [4.69, 9.17) is 9.41 Å². The van der Waals surface area contributed by atoms with Gasteiger partial charge in [0.2, 0.25) is 5.88 Å². The number of aryl methyl sites for hydroxylation is 1. The lowest BCUT2D eigenvalue weighted by atomic mass is 10.1. The number of hydrogen-bond donors (Lipinski definition) is 2. The molecule has 1 atom stereocenters. The molecule has 2 fully saturated rings. The van der Waals surface area contributed by atoms with E-state index in [0.717, 1.165) is 12.8 Å². The van der Waals surface area contributed by atoms with Gasteiger partial charge in [0.05, 0.1) is 16.7 Å². The highest BCUT2D eigenvalue weighted by molar-refractivity contribution is 6.14. The Kier molecular flexibility index (Phi) is 4.24. The van der Waals surface area contributed by atoms with Crippen LogP contribution in [-0.4, -0.2) is 37.1 Å². The van der Waals surface area contributed by atoms with E-state index in [1.807, 2.05) is 0 Å². The smallest absolute Gasteiger partial charge is 0.255 e. The minimum Gasteiger partial charge on any atom is -0.444 e. The Morgan fingerprint density at radius 2 is 2.04 bits per heavy atom. The summed E-state index contributed by atoms with van der Waals surface area (Å²) in [5.41, 5.74) is 1.02. The van der Waals surface area contributed by atoms with Gasteiger partial charge in [-0.1, -0.05) is 0 Å². The molecule has 0 bridgehead atoms. The lowest BCUT2D eigenvalue weighted by Gasteiger charge is -2.14. The average molecular weight is 330 g/mol. The van der Waals surface area contributed by atoms with Crippen molar-refractivity contribution in [3.05, 3.63) is 16.9 Å². The summed E-state index contributed by atoms with van der Waals surface area (Å²) in [6, 6.07) is 0.163. The second-order valence-electron chi connectivity index (χ2n) is 7.18. The molecule has 2 N–H and O–H groups in total. The number of aliphatic imine (C=N–C) groups is 2. The number of furan rings is 1. The topological polar surface area (TPSA) is 79.0 Å². The molecule has 0 radical (unpaired) electrons. The van der Waals surface area contributed by atoms with Gasteiger partial charge >= 0.3 is 0 Å². The third-order valence-corrected chi connectivity index (χ3v) is 4.95. The Labute approximate surface area is 142 Å². The van der Waals surface area contributed by atoms with E-state index in [9.17, 15) is 4.79 Å². The Morgan fingerprint density at radius 1 is 1.38 bits per heavy atom. The molecule has 3 rings (SSSR count). The van der Waals surface area contributed by atoms with Crippen molar-refractivity contribution in [3.63, 3.8) is 0 Å². The van der Waals surface area contributed by atoms with E-state index in [1.54, 1.807) is 14.0 Å².